The van der Waals surface area contributed by atoms with Gasteiger partial charge in [0.1, 0.15) is 5.69 Å². The molecule has 4 N–H and O–H groups in total. The van der Waals surface area contributed by atoms with Crippen molar-refractivity contribution in [2.45, 2.75) is 24.9 Å². The van der Waals surface area contributed by atoms with Gasteiger partial charge in [0.25, 0.3) is 0 Å². The number of rotatable bonds is 4. The Morgan fingerprint density at radius 2 is 2.29 bits per heavy atom. The highest BCUT2D eigenvalue weighted by Gasteiger charge is 2.19. The van der Waals surface area contributed by atoms with Crippen LogP contribution in [0.1, 0.15) is 19.8 Å². The van der Waals surface area contributed by atoms with Crippen molar-refractivity contribution in [3.63, 3.8) is 0 Å². The predicted octanol–water partition coefficient (Wildman–Crippen LogP) is 1.31. The molecule has 0 aromatic carbocycles. The molecule has 0 aliphatic carbocycles. The number of nitrogens with two attached hydrogens (primary N) is 1. The van der Waals surface area contributed by atoms with E-state index in [2.05, 4.69) is 27.5 Å². The van der Waals surface area contributed by atoms with Gasteiger partial charge in [-0.15, -0.1) is 0 Å². The summed E-state index contributed by atoms with van der Waals surface area (Å²) in [5, 5.41) is 6.24. The fourth-order valence-electron chi connectivity index (χ4n) is 1.43. The highest BCUT2D eigenvalue weighted by atomic mass is 32.2. The molecule has 1 aromatic heterocycles. The molecule has 0 saturated heterocycles. The van der Waals surface area contributed by atoms with Gasteiger partial charge in [0, 0.05) is 5.75 Å². The van der Waals surface area contributed by atoms with Gasteiger partial charge in [0.2, 0.25) is 5.91 Å². The zero-order valence-electron chi connectivity index (χ0n) is 9.62. The molecule has 0 bridgehead atoms. The fraction of sp³-hybridized carbons (Fsp3) is 0.500. The quantitative estimate of drug-likeness (QED) is 0.425. The van der Waals surface area contributed by atoms with Crippen molar-refractivity contribution in [3.05, 3.63) is 0 Å². The largest absolute Gasteiger partial charge is 0.382 e. The first-order chi connectivity index (χ1) is 8.20. The zero-order chi connectivity index (χ0) is 12.3. The number of thioether (sulfide) groups is 1. The third-order valence-electron chi connectivity index (χ3n) is 2.33. The lowest BCUT2D eigenvalue weighted by molar-refractivity contribution is -0.114. The molecule has 0 atom stereocenters. The monoisotopic (exact) mass is 253 g/mol. The van der Waals surface area contributed by atoms with Crippen molar-refractivity contribution in [2.24, 2.45) is 0 Å². The van der Waals surface area contributed by atoms with Crippen LogP contribution in [0.25, 0.3) is 0 Å². The Morgan fingerprint density at radius 1 is 1.47 bits per heavy atom. The summed E-state index contributed by atoms with van der Waals surface area (Å²) in [5.74, 6) is 1.77. The standard InChI is InChI=1S/C10H15N5OS/c1-2-3-4-17-10-14-8(11)7-9(15-10)12-5-6(16)13-7/h2-5H2,1H3,(H,13,16)(H3,11,12,14,15). The van der Waals surface area contributed by atoms with Crippen LogP contribution in [0.3, 0.4) is 0 Å². The second-order valence-electron chi connectivity index (χ2n) is 3.72. The van der Waals surface area contributed by atoms with Crippen molar-refractivity contribution in [3.8, 4) is 0 Å². The number of carbonyl (C=O) groups excluding carboxylic acids is 1. The van der Waals surface area contributed by atoms with Crippen LogP contribution in [0.2, 0.25) is 0 Å². The number of anilines is 3. The van der Waals surface area contributed by atoms with Crippen LogP contribution in [0.4, 0.5) is 17.3 Å². The summed E-state index contributed by atoms with van der Waals surface area (Å²) >= 11 is 1.58. The van der Waals surface area contributed by atoms with E-state index >= 15 is 0 Å². The van der Waals surface area contributed by atoms with Gasteiger partial charge >= 0.3 is 0 Å². The number of fused-ring (bicyclic) bond motifs is 1. The molecular weight excluding hydrogens is 238 g/mol. The number of nitrogens with zero attached hydrogens (tertiary/aromatic N) is 2. The smallest absolute Gasteiger partial charge is 0.243 e. The van der Waals surface area contributed by atoms with Gasteiger partial charge in [-0.1, -0.05) is 25.1 Å². The lowest BCUT2D eigenvalue weighted by Crippen LogP contribution is -2.29. The van der Waals surface area contributed by atoms with E-state index in [4.69, 9.17) is 5.73 Å². The van der Waals surface area contributed by atoms with Gasteiger partial charge in [0.05, 0.1) is 6.54 Å². The SMILES string of the molecule is CCCCSc1nc(N)c2c(n1)NCC(=O)N2. The van der Waals surface area contributed by atoms with Crippen molar-refractivity contribution < 1.29 is 4.79 Å². The zero-order valence-corrected chi connectivity index (χ0v) is 10.4. The van der Waals surface area contributed by atoms with Crippen LogP contribution >= 0.6 is 11.8 Å². The minimum atomic E-state index is -0.126. The Balaban J connectivity index is 2.16. The average molecular weight is 253 g/mol. The number of hydrogen-bond donors (Lipinski definition) is 3. The van der Waals surface area contributed by atoms with Crippen LogP contribution in [-0.2, 0) is 4.79 Å². The number of carbonyl (C=O) groups is 1. The lowest BCUT2D eigenvalue weighted by Gasteiger charge is -2.19. The van der Waals surface area contributed by atoms with E-state index in [1.165, 1.54) is 0 Å². The van der Waals surface area contributed by atoms with E-state index in [9.17, 15) is 4.79 Å². The maximum absolute atomic E-state index is 11.2. The van der Waals surface area contributed by atoms with Crippen molar-refractivity contribution in [1.29, 1.82) is 0 Å². The first kappa shape index (κ1) is 12.0. The molecule has 1 aliphatic rings. The molecule has 0 fully saturated rings. The number of nitrogen functional groups attached to an aromatic ring is 1. The number of unbranched alkanes of at least 4 members (excludes halogenated alkanes) is 1. The molecule has 0 spiro atoms. The Labute approximate surface area is 104 Å². The summed E-state index contributed by atoms with van der Waals surface area (Å²) in [6.07, 6.45) is 2.26. The van der Waals surface area contributed by atoms with Gasteiger partial charge in [-0.05, 0) is 6.42 Å². The summed E-state index contributed by atoms with van der Waals surface area (Å²) < 4.78 is 0. The Bertz CT molecular complexity index is 437. The highest BCUT2D eigenvalue weighted by Crippen LogP contribution is 2.30. The third kappa shape index (κ3) is 2.79. The number of aromatic nitrogens is 2. The van der Waals surface area contributed by atoms with Crippen molar-refractivity contribution >= 4 is 35.0 Å². The topological polar surface area (TPSA) is 92.9 Å². The van der Waals surface area contributed by atoms with Crippen LogP contribution < -0.4 is 16.4 Å². The molecule has 0 radical (unpaired) electrons. The normalized spacial score (nSPS) is 13.8. The molecule has 1 aromatic rings. The molecule has 92 valence electrons. The highest BCUT2D eigenvalue weighted by molar-refractivity contribution is 7.99. The molecule has 7 heteroatoms. The lowest BCUT2D eigenvalue weighted by atomic mass is 10.3. The fourth-order valence-corrected chi connectivity index (χ4v) is 2.36. The van der Waals surface area contributed by atoms with Crippen LogP contribution in [0.15, 0.2) is 5.16 Å². The maximum Gasteiger partial charge on any atom is 0.243 e. The van der Waals surface area contributed by atoms with Gasteiger partial charge in [-0.3, -0.25) is 4.79 Å². The molecule has 6 nitrogen and oxygen atoms in total. The molecular formula is C10H15N5OS. The second-order valence-corrected chi connectivity index (χ2v) is 4.78. The molecule has 1 aliphatic heterocycles. The summed E-state index contributed by atoms with van der Waals surface area (Å²) in [5.41, 5.74) is 6.28. The average Bonchev–Trinajstić information content (AvgIpc) is 2.31. The summed E-state index contributed by atoms with van der Waals surface area (Å²) in [6.45, 7) is 2.36. The third-order valence-corrected chi connectivity index (χ3v) is 3.26. The van der Waals surface area contributed by atoms with Gasteiger partial charge in [0.15, 0.2) is 16.8 Å². The van der Waals surface area contributed by atoms with Crippen LogP contribution in [0, 0.1) is 0 Å². The van der Waals surface area contributed by atoms with E-state index in [0.29, 0.717) is 22.5 Å². The predicted molar refractivity (Wildman–Crippen MR) is 69.2 cm³/mol. The summed E-state index contributed by atoms with van der Waals surface area (Å²) in [6, 6.07) is 0. The van der Waals surface area contributed by atoms with E-state index in [1.54, 1.807) is 11.8 Å². The molecule has 0 saturated carbocycles. The van der Waals surface area contributed by atoms with Crippen LogP contribution in [0.5, 0.6) is 0 Å². The maximum atomic E-state index is 11.2. The molecule has 17 heavy (non-hydrogen) atoms. The number of amides is 1. The second kappa shape index (κ2) is 5.22. The van der Waals surface area contributed by atoms with Gasteiger partial charge < -0.3 is 16.4 Å². The minimum absolute atomic E-state index is 0.126. The molecule has 2 rings (SSSR count). The van der Waals surface area contributed by atoms with Crippen molar-refractivity contribution in [2.75, 3.05) is 28.7 Å². The van der Waals surface area contributed by atoms with Gasteiger partial charge in [-0.2, -0.15) is 0 Å². The van der Waals surface area contributed by atoms with Gasteiger partial charge in [-0.25, -0.2) is 9.97 Å². The van der Waals surface area contributed by atoms with Crippen molar-refractivity contribution in [1.82, 2.24) is 9.97 Å². The number of nitrogens with one attached hydrogen (secondary N) is 2. The first-order valence-corrected chi connectivity index (χ1v) is 6.53. The first-order valence-electron chi connectivity index (χ1n) is 5.54. The van der Waals surface area contributed by atoms with E-state index in [-0.39, 0.29) is 12.5 Å². The van der Waals surface area contributed by atoms with E-state index in [0.717, 1.165) is 18.6 Å². The Morgan fingerprint density at radius 3 is 3.06 bits per heavy atom. The molecule has 2 heterocycles. The van der Waals surface area contributed by atoms with E-state index in [1.807, 2.05) is 0 Å². The Kier molecular flexibility index (Phi) is 3.68. The molecule has 1 amide bonds. The number of hydrogen-bond acceptors (Lipinski definition) is 6. The minimum Gasteiger partial charge on any atom is -0.382 e. The molecule has 0 unspecified atom stereocenters. The summed E-state index contributed by atoms with van der Waals surface area (Å²) in [4.78, 5) is 19.7. The Hall–Kier alpha value is -1.50. The summed E-state index contributed by atoms with van der Waals surface area (Å²) in [7, 11) is 0. The van der Waals surface area contributed by atoms with Crippen LogP contribution in [-0.4, -0.2) is 28.2 Å². The van der Waals surface area contributed by atoms with E-state index < -0.39 is 0 Å².